The summed E-state index contributed by atoms with van der Waals surface area (Å²) in [7, 11) is 0. The van der Waals surface area contributed by atoms with Gasteiger partial charge >= 0.3 is 0 Å². The molecule has 0 amide bonds. The molecule has 104 valence electrons. The van der Waals surface area contributed by atoms with E-state index in [0.29, 0.717) is 6.04 Å². The van der Waals surface area contributed by atoms with Crippen LogP contribution in [-0.4, -0.2) is 23.0 Å². The van der Waals surface area contributed by atoms with Gasteiger partial charge in [0, 0.05) is 23.7 Å². The Hall–Kier alpha value is -0.800. The third-order valence-corrected chi connectivity index (χ3v) is 3.13. The summed E-state index contributed by atoms with van der Waals surface area (Å²) in [5.74, 6) is 1.06. The van der Waals surface area contributed by atoms with E-state index in [2.05, 4.69) is 57.8 Å². The fourth-order valence-corrected chi connectivity index (χ4v) is 1.89. The second-order valence-electron chi connectivity index (χ2n) is 6.13. The summed E-state index contributed by atoms with van der Waals surface area (Å²) < 4.78 is 5.60. The van der Waals surface area contributed by atoms with Crippen molar-refractivity contribution in [3.63, 3.8) is 0 Å². The number of hydrogen-bond acceptors (Lipinski definition) is 3. The first-order chi connectivity index (χ1) is 8.33. The molecule has 3 heteroatoms. The first kappa shape index (κ1) is 15.3. The van der Waals surface area contributed by atoms with Crippen molar-refractivity contribution in [1.29, 1.82) is 0 Å². The molecule has 1 rings (SSSR count). The molecule has 0 atom stereocenters. The summed E-state index contributed by atoms with van der Waals surface area (Å²) in [5, 5.41) is 3.47. The van der Waals surface area contributed by atoms with Crippen molar-refractivity contribution in [2.45, 2.75) is 66.2 Å². The van der Waals surface area contributed by atoms with Gasteiger partial charge in [-0.05, 0) is 47.2 Å². The zero-order chi connectivity index (χ0) is 13.8. The van der Waals surface area contributed by atoms with Crippen molar-refractivity contribution in [3.8, 4) is 0 Å². The highest BCUT2D eigenvalue weighted by Gasteiger charge is 2.15. The van der Waals surface area contributed by atoms with Gasteiger partial charge in [-0.2, -0.15) is 0 Å². The molecule has 1 N–H and O–H groups in total. The Morgan fingerprint density at radius 3 is 2.50 bits per heavy atom. The van der Waals surface area contributed by atoms with Crippen LogP contribution in [0.4, 0.5) is 0 Å². The Bertz CT molecular complexity index is 350. The highest BCUT2D eigenvalue weighted by molar-refractivity contribution is 5.17. The SMILES string of the molecule is CCN(Cc1ccoc1CNC(C)(C)C)C(C)C. The van der Waals surface area contributed by atoms with E-state index in [1.807, 2.05) is 0 Å². The van der Waals surface area contributed by atoms with Gasteiger partial charge in [0.25, 0.3) is 0 Å². The lowest BCUT2D eigenvalue weighted by Crippen LogP contribution is -2.35. The quantitative estimate of drug-likeness (QED) is 0.841. The average Bonchev–Trinajstić information content (AvgIpc) is 2.68. The maximum Gasteiger partial charge on any atom is 0.122 e. The molecule has 0 saturated heterocycles. The molecular formula is C15H28N2O. The topological polar surface area (TPSA) is 28.4 Å². The molecule has 1 aromatic heterocycles. The molecule has 0 aromatic carbocycles. The average molecular weight is 252 g/mol. The van der Waals surface area contributed by atoms with Gasteiger partial charge in [0.1, 0.15) is 5.76 Å². The summed E-state index contributed by atoms with van der Waals surface area (Å²) in [6, 6.07) is 2.65. The lowest BCUT2D eigenvalue weighted by atomic mass is 10.1. The van der Waals surface area contributed by atoms with Crippen molar-refractivity contribution in [3.05, 3.63) is 23.7 Å². The second kappa shape index (κ2) is 6.39. The van der Waals surface area contributed by atoms with Crippen molar-refractivity contribution in [1.82, 2.24) is 10.2 Å². The maximum absolute atomic E-state index is 5.60. The molecule has 18 heavy (non-hydrogen) atoms. The maximum atomic E-state index is 5.60. The van der Waals surface area contributed by atoms with Crippen LogP contribution in [0.3, 0.4) is 0 Å². The van der Waals surface area contributed by atoms with Crippen LogP contribution < -0.4 is 5.32 Å². The van der Waals surface area contributed by atoms with Crippen LogP contribution in [0, 0.1) is 0 Å². The van der Waals surface area contributed by atoms with Gasteiger partial charge in [-0.25, -0.2) is 0 Å². The summed E-state index contributed by atoms with van der Waals surface area (Å²) in [5.41, 5.74) is 1.41. The highest BCUT2D eigenvalue weighted by Crippen LogP contribution is 2.16. The van der Waals surface area contributed by atoms with E-state index >= 15 is 0 Å². The molecular weight excluding hydrogens is 224 g/mol. The third-order valence-electron chi connectivity index (χ3n) is 3.13. The summed E-state index contributed by atoms with van der Waals surface area (Å²) in [6.07, 6.45) is 1.79. The van der Waals surface area contributed by atoms with E-state index in [1.165, 1.54) is 5.56 Å². The Kier molecular flexibility index (Phi) is 5.42. The van der Waals surface area contributed by atoms with E-state index < -0.39 is 0 Å². The third kappa shape index (κ3) is 4.83. The number of hydrogen-bond donors (Lipinski definition) is 1. The number of rotatable bonds is 6. The Morgan fingerprint density at radius 2 is 2.00 bits per heavy atom. The molecule has 0 fully saturated rings. The zero-order valence-corrected chi connectivity index (χ0v) is 12.7. The standard InChI is InChI=1S/C15H28N2O/c1-7-17(12(2)3)11-13-8-9-18-14(13)10-16-15(4,5)6/h8-9,12,16H,7,10-11H2,1-6H3. The van der Waals surface area contributed by atoms with Gasteiger partial charge < -0.3 is 9.73 Å². The van der Waals surface area contributed by atoms with Gasteiger partial charge in [-0.1, -0.05) is 6.92 Å². The Morgan fingerprint density at radius 1 is 1.33 bits per heavy atom. The molecule has 1 aromatic rings. The van der Waals surface area contributed by atoms with Crippen LogP contribution in [-0.2, 0) is 13.1 Å². The van der Waals surface area contributed by atoms with Crippen LogP contribution in [0.2, 0.25) is 0 Å². The predicted molar refractivity (Wildman–Crippen MR) is 76.5 cm³/mol. The minimum atomic E-state index is 0.118. The molecule has 1 heterocycles. The molecule has 0 bridgehead atoms. The van der Waals surface area contributed by atoms with Crippen LogP contribution in [0.25, 0.3) is 0 Å². The second-order valence-corrected chi connectivity index (χ2v) is 6.13. The summed E-state index contributed by atoms with van der Waals surface area (Å²) in [4.78, 5) is 2.44. The predicted octanol–water partition coefficient (Wildman–Crippen LogP) is 3.40. The van der Waals surface area contributed by atoms with E-state index in [9.17, 15) is 0 Å². The Balaban J connectivity index is 2.65. The monoisotopic (exact) mass is 252 g/mol. The minimum absolute atomic E-state index is 0.118. The largest absolute Gasteiger partial charge is 0.468 e. The molecule has 0 saturated carbocycles. The molecule has 0 aliphatic rings. The molecule has 0 spiro atoms. The van der Waals surface area contributed by atoms with Crippen LogP contribution in [0.15, 0.2) is 16.7 Å². The van der Waals surface area contributed by atoms with Crippen LogP contribution in [0.5, 0.6) is 0 Å². The van der Waals surface area contributed by atoms with Gasteiger partial charge in [0.15, 0.2) is 0 Å². The van der Waals surface area contributed by atoms with Crippen LogP contribution in [0.1, 0.15) is 52.9 Å². The molecule has 0 radical (unpaired) electrons. The first-order valence-electron chi connectivity index (χ1n) is 6.87. The van der Waals surface area contributed by atoms with Crippen molar-refractivity contribution < 1.29 is 4.42 Å². The normalized spacial score (nSPS) is 12.7. The minimum Gasteiger partial charge on any atom is -0.468 e. The van der Waals surface area contributed by atoms with Crippen LogP contribution >= 0.6 is 0 Å². The van der Waals surface area contributed by atoms with E-state index in [-0.39, 0.29) is 5.54 Å². The summed E-state index contributed by atoms with van der Waals surface area (Å²) in [6.45, 7) is 16.0. The van der Waals surface area contributed by atoms with Crippen molar-refractivity contribution in [2.24, 2.45) is 0 Å². The van der Waals surface area contributed by atoms with Gasteiger partial charge in [-0.15, -0.1) is 0 Å². The fourth-order valence-electron chi connectivity index (χ4n) is 1.89. The molecule has 3 nitrogen and oxygen atoms in total. The molecule has 0 aliphatic carbocycles. The summed E-state index contributed by atoms with van der Waals surface area (Å²) >= 11 is 0. The number of furan rings is 1. The first-order valence-corrected chi connectivity index (χ1v) is 6.87. The van der Waals surface area contributed by atoms with Crippen molar-refractivity contribution >= 4 is 0 Å². The number of nitrogens with zero attached hydrogens (tertiary/aromatic N) is 1. The zero-order valence-electron chi connectivity index (χ0n) is 12.7. The van der Waals surface area contributed by atoms with Gasteiger partial charge in [-0.3, -0.25) is 4.90 Å². The van der Waals surface area contributed by atoms with E-state index in [4.69, 9.17) is 4.42 Å². The fraction of sp³-hybridized carbons (Fsp3) is 0.733. The highest BCUT2D eigenvalue weighted by atomic mass is 16.3. The van der Waals surface area contributed by atoms with Gasteiger partial charge in [0.2, 0.25) is 0 Å². The van der Waals surface area contributed by atoms with E-state index in [0.717, 1.165) is 25.4 Å². The van der Waals surface area contributed by atoms with Crippen molar-refractivity contribution in [2.75, 3.05) is 6.54 Å². The number of nitrogens with one attached hydrogen (secondary N) is 1. The molecule has 0 aliphatic heterocycles. The Labute approximate surface area is 112 Å². The lowest BCUT2D eigenvalue weighted by Gasteiger charge is -2.25. The van der Waals surface area contributed by atoms with Gasteiger partial charge in [0.05, 0.1) is 12.8 Å². The molecule has 0 unspecified atom stereocenters. The van der Waals surface area contributed by atoms with E-state index in [1.54, 1.807) is 6.26 Å². The smallest absolute Gasteiger partial charge is 0.122 e. The lowest BCUT2D eigenvalue weighted by molar-refractivity contribution is 0.222.